The van der Waals surface area contributed by atoms with E-state index in [4.69, 9.17) is 0 Å². The summed E-state index contributed by atoms with van der Waals surface area (Å²) in [6, 6.07) is 20.7. The van der Waals surface area contributed by atoms with Crippen molar-refractivity contribution in [3.8, 4) is 5.69 Å². The number of fused-ring (bicyclic) bond motifs is 3. The second-order valence-corrected chi connectivity index (χ2v) is 8.12. The molecule has 3 heteroatoms. The number of aryl methyl sites for hydroxylation is 4. The lowest BCUT2D eigenvalue weighted by atomic mass is 9.95. The fourth-order valence-electron chi connectivity index (χ4n) is 4.72. The number of rotatable bonds is 4. The van der Waals surface area contributed by atoms with E-state index < -0.39 is 0 Å². The van der Waals surface area contributed by atoms with E-state index in [2.05, 4.69) is 60.1 Å². The first kappa shape index (κ1) is 18.0. The van der Waals surface area contributed by atoms with Gasteiger partial charge in [-0.25, -0.2) is 0 Å². The molecule has 2 aromatic carbocycles. The van der Waals surface area contributed by atoms with Crippen LogP contribution in [0.25, 0.3) is 16.6 Å². The van der Waals surface area contributed by atoms with Gasteiger partial charge in [0.15, 0.2) is 0 Å². The van der Waals surface area contributed by atoms with Gasteiger partial charge in [0.25, 0.3) is 5.56 Å². The van der Waals surface area contributed by atoms with Gasteiger partial charge in [0, 0.05) is 30.4 Å². The summed E-state index contributed by atoms with van der Waals surface area (Å²) in [7, 11) is 2.16. The summed E-state index contributed by atoms with van der Waals surface area (Å²) >= 11 is 0. The van der Waals surface area contributed by atoms with Crippen LogP contribution in [0.2, 0.25) is 0 Å². The molecule has 0 unspecified atom stereocenters. The highest BCUT2D eigenvalue weighted by Crippen LogP contribution is 2.32. The van der Waals surface area contributed by atoms with Gasteiger partial charge in [0.05, 0.1) is 11.2 Å². The second kappa shape index (κ2) is 7.40. The van der Waals surface area contributed by atoms with Gasteiger partial charge in [-0.3, -0.25) is 9.36 Å². The highest BCUT2D eigenvalue weighted by molar-refractivity contribution is 5.87. The molecule has 1 aliphatic carbocycles. The minimum atomic E-state index is 0.0360. The average molecular weight is 383 g/mol. The van der Waals surface area contributed by atoms with E-state index in [1.54, 1.807) is 10.6 Å². The molecule has 0 spiro atoms. The summed E-state index contributed by atoms with van der Waals surface area (Å²) in [6.45, 7) is 0. The molecule has 0 saturated carbocycles. The molecule has 0 radical (unpaired) electrons. The zero-order valence-electron chi connectivity index (χ0n) is 16.9. The monoisotopic (exact) mass is 382 g/mol. The Balaban J connectivity index is 1.45. The summed E-state index contributed by atoms with van der Waals surface area (Å²) in [6.07, 6.45) is 8.63. The van der Waals surface area contributed by atoms with Gasteiger partial charge in [0.1, 0.15) is 0 Å². The maximum absolute atomic E-state index is 12.8. The summed E-state index contributed by atoms with van der Waals surface area (Å²) in [4.78, 5) is 12.8. The van der Waals surface area contributed by atoms with Crippen LogP contribution in [0, 0.1) is 0 Å². The van der Waals surface area contributed by atoms with E-state index in [-0.39, 0.29) is 5.56 Å². The molecule has 0 N–H and O–H groups in total. The Morgan fingerprint density at radius 3 is 2.48 bits per heavy atom. The number of hydrogen-bond donors (Lipinski definition) is 0. The van der Waals surface area contributed by atoms with E-state index >= 15 is 0 Å². The van der Waals surface area contributed by atoms with Crippen LogP contribution in [0.1, 0.15) is 35.2 Å². The van der Waals surface area contributed by atoms with Crippen LogP contribution in [-0.2, 0) is 32.7 Å². The van der Waals surface area contributed by atoms with Gasteiger partial charge in [-0.05, 0) is 73.4 Å². The van der Waals surface area contributed by atoms with Gasteiger partial charge < -0.3 is 4.57 Å². The predicted octanol–water partition coefficient (Wildman–Crippen LogP) is 4.99. The van der Waals surface area contributed by atoms with E-state index in [0.717, 1.165) is 30.5 Å². The van der Waals surface area contributed by atoms with Crippen molar-refractivity contribution in [2.24, 2.45) is 7.05 Å². The van der Waals surface area contributed by atoms with E-state index in [9.17, 15) is 4.79 Å². The summed E-state index contributed by atoms with van der Waals surface area (Å²) in [5, 5.41) is 1.35. The van der Waals surface area contributed by atoms with Crippen molar-refractivity contribution < 1.29 is 0 Å². The Bertz CT molecular complexity index is 1230. The quantitative estimate of drug-likeness (QED) is 0.488. The largest absolute Gasteiger partial charge is 0.347 e. The van der Waals surface area contributed by atoms with Gasteiger partial charge in [-0.15, -0.1) is 0 Å². The summed E-state index contributed by atoms with van der Waals surface area (Å²) in [5.74, 6) is 0. The molecule has 2 aromatic heterocycles. The molecular formula is C26H26N2O. The zero-order valence-corrected chi connectivity index (χ0v) is 16.9. The molecule has 0 fully saturated rings. The number of pyridine rings is 1. The minimum Gasteiger partial charge on any atom is -0.347 e. The van der Waals surface area contributed by atoms with Crippen LogP contribution in [0.15, 0.2) is 71.7 Å². The summed E-state index contributed by atoms with van der Waals surface area (Å²) < 4.78 is 4.09. The van der Waals surface area contributed by atoms with Crippen molar-refractivity contribution in [1.82, 2.24) is 9.13 Å². The van der Waals surface area contributed by atoms with Crippen molar-refractivity contribution in [1.29, 1.82) is 0 Å². The molecular weight excluding hydrogens is 356 g/mol. The first-order valence-corrected chi connectivity index (χ1v) is 10.6. The van der Waals surface area contributed by atoms with Crippen molar-refractivity contribution in [2.45, 2.75) is 38.5 Å². The van der Waals surface area contributed by atoms with E-state index in [1.165, 1.54) is 47.0 Å². The molecule has 0 bridgehead atoms. The Labute approximate surface area is 171 Å². The Hall–Kier alpha value is -3.07. The van der Waals surface area contributed by atoms with Gasteiger partial charge >= 0.3 is 0 Å². The number of benzene rings is 2. The Morgan fingerprint density at radius 2 is 1.66 bits per heavy atom. The third kappa shape index (κ3) is 3.31. The van der Waals surface area contributed by atoms with Crippen molar-refractivity contribution in [3.05, 3.63) is 99.6 Å². The van der Waals surface area contributed by atoms with Crippen LogP contribution in [0.4, 0.5) is 0 Å². The normalized spacial score (nSPS) is 13.6. The summed E-state index contributed by atoms with van der Waals surface area (Å²) in [5.41, 5.74) is 7.56. The molecule has 3 nitrogen and oxygen atoms in total. The topological polar surface area (TPSA) is 26.9 Å². The van der Waals surface area contributed by atoms with Crippen molar-refractivity contribution >= 4 is 10.9 Å². The first-order chi connectivity index (χ1) is 14.2. The second-order valence-electron chi connectivity index (χ2n) is 8.12. The van der Waals surface area contributed by atoms with Gasteiger partial charge in [-0.1, -0.05) is 36.4 Å². The predicted molar refractivity (Wildman–Crippen MR) is 119 cm³/mol. The molecule has 146 valence electrons. The van der Waals surface area contributed by atoms with Crippen LogP contribution in [-0.4, -0.2) is 9.13 Å². The number of nitrogens with zero attached hydrogens (tertiary/aromatic N) is 2. The Kier molecular flexibility index (Phi) is 4.59. The molecule has 5 rings (SSSR count). The Morgan fingerprint density at radius 1 is 0.862 bits per heavy atom. The molecule has 29 heavy (non-hydrogen) atoms. The van der Waals surface area contributed by atoms with E-state index in [0.29, 0.717) is 0 Å². The SMILES string of the molecule is Cn1c2c(c3ccc(-n4ccc(CCc5ccccc5)cc4=O)cc31)CCCC2. The van der Waals surface area contributed by atoms with Crippen LogP contribution >= 0.6 is 0 Å². The lowest BCUT2D eigenvalue weighted by Gasteiger charge is -2.12. The van der Waals surface area contributed by atoms with Gasteiger partial charge in [-0.2, -0.15) is 0 Å². The smallest absolute Gasteiger partial charge is 0.255 e. The standard InChI is InChI=1S/C26H26N2O/c1-27-24-10-6-5-9-22(24)23-14-13-21(18-25(23)27)28-16-15-20(17-26(28)29)12-11-19-7-3-2-4-8-19/h2-4,7-8,13-18H,5-6,9-12H2,1H3. The molecule has 0 saturated heterocycles. The molecule has 1 aliphatic rings. The molecule has 2 heterocycles. The number of aromatic nitrogens is 2. The third-order valence-electron chi connectivity index (χ3n) is 6.32. The lowest BCUT2D eigenvalue weighted by molar-refractivity contribution is 0.653. The highest BCUT2D eigenvalue weighted by atomic mass is 16.1. The highest BCUT2D eigenvalue weighted by Gasteiger charge is 2.18. The molecule has 0 amide bonds. The van der Waals surface area contributed by atoms with E-state index in [1.807, 2.05) is 12.3 Å². The zero-order chi connectivity index (χ0) is 19.8. The maximum atomic E-state index is 12.8. The first-order valence-electron chi connectivity index (χ1n) is 10.6. The van der Waals surface area contributed by atoms with Crippen LogP contribution < -0.4 is 5.56 Å². The molecule has 0 aliphatic heterocycles. The lowest BCUT2D eigenvalue weighted by Crippen LogP contribution is -2.17. The molecule has 0 atom stereocenters. The number of hydrogen-bond acceptors (Lipinski definition) is 1. The maximum Gasteiger partial charge on any atom is 0.255 e. The fourth-order valence-corrected chi connectivity index (χ4v) is 4.72. The third-order valence-corrected chi connectivity index (χ3v) is 6.32. The van der Waals surface area contributed by atoms with Gasteiger partial charge in [0.2, 0.25) is 0 Å². The minimum absolute atomic E-state index is 0.0360. The fraction of sp³-hybridized carbons (Fsp3) is 0.269. The van der Waals surface area contributed by atoms with Crippen molar-refractivity contribution in [2.75, 3.05) is 0 Å². The van der Waals surface area contributed by atoms with Crippen LogP contribution in [0.5, 0.6) is 0 Å². The average Bonchev–Trinajstić information content (AvgIpc) is 3.05. The molecule has 4 aromatic rings. The van der Waals surface area contributed by atoms with Crippen LogP contribution in [0.3, 0.4) is 0 Å². The van der Waals surface area contributed by atoms with Crippen molar-refractivity contribution in [3.63, 3.8) is 0 Å².